The molecule has 10 heteroatoms. The number of ketones is 1. The number of halogens is 2. The Balaban J connectivity index is 1.20. The number of benzene rings is 1. The Morgan fingerprint density at radius 2 is 1.70 bits per heavy atom. The lowest BCUT2D eigenvalue weighted by molar-refractivity contribution is -0.117. The number of likely N-dealkylation sites (N-methyl/N-ethyl adjacent to an activating group) is 1. The summed E-state index contributed by atoms with van der Waals surface area (Å²) in [5, 5.41) is 1.11. The summed E-state index contributed by atoms with van der Waals surface area (Å²) in [4.78, 5) is 32.5. The maximum Gasteiger partial charge on any atom is 0.225 e. The van der Waals surface area contributed by atoms with Crippen LogP contribution in [0.4, 0.5) is 5.95 Å². The molecule has 1 aromatic carbocycles. The molecule has 3 aliphatic rings. The molecule has 2 aromatic heterocycles. The molecule has 8 nitrogen and oxygen atoms in total. The molecule has 0 radical (unpaired) electrons. The highest BCUT2D eigenvalue weighted by molar-refractivity contribution is 6.35. The van der Waals surface area contributed by atoms with E-state index in [1.54, 1.807) is 25.4 Å². The van der Waals surface area contributed by atoms with E-state index >= 15 is 0 Å². The second-order valence-electron chi connectivity index (χ2n) is 11.4. The van der Waals surface area contributed by atoms with E-state index in [0.29, 0.717) is 57.6 Å². The highest BCUT2D eigenvalue weighted by Crippen LogP contribution is 2.53. The van der Waals surface area contributed by atoms with Gasteiger partial charge in [0.25, 0.3) is 0 Å². The smallest absolute Gasteiger partial charge is 0.225 e. The summed E-state index contributed by atoms with van der Waals surface area (Å²) in [6, 6.07) is 9.48. The van der Waals surface area contributed by atoms with Gasteiger partial charge < -0.3 is 19.3 Å². The van der Waals surface area contributed by atoms with Gasteiger partial charge in [0.05, 0.1) is 18.1 Å². The zero-order valence-corrected chi connectivity index (χ0v) is 24.4. The van der Waals surface area contributed by atoms with Crippen molar-refractivity contribution in [2.24, 2.45) is 17.8 Å². The number of hydrogen-bond acceptors (Lipinski definition) is 8. The van der Waals surface area contributed by atoms with E-state index in [1.807, 2.05) is 18.2 Å². The molecule has 40 heavy (non-hydrogen) atoms. The summed E-state index contributed by atoms with van der Waals surface area (Å²) < 4.78 is 6.20. The second kappa shape index (κ2) is 11.6. The number of nitrogens with zero attached hydrogens (tertiary/aromatic N) is 6. The van der Waals surface area contributed by atoms with Crippen LogP contribution in [0.25, 0.3) is 11.3 Å². The third-order valence-electron chi connectivity index (χ3n) is 8.24. The van der Waals surface area contributed by atoms with Gasteiger partial charge in [-0.3, -0.25) is 4.90 Å². The van der Waals surface area contributed by atoms with Crippen LogP contribution in [0.15, 0.2) is 42.7 Å². The molecule has 2 aliphatic heterocycles. The Labute approximate surface area is 245 Å². The Morgan fingerprint density at radius 3 is 2.40 bits per heavy atom. The van der Waals surface area contributed by atoms with Crippen molar-refractivity contribution in [3.8, 4) is 22.9 Å². The first-order chi connectivity index (χ1) is 19.3. The lowest BCUT2D eigenvalue weighted by Gasteiger charge is -2.21. The molecule has 0 bridgehead atoms. The van der Waals surface area contributed by atoms with E-state index in [2.05, 4.69) is 37.8 Å². The van der Waals surface area contributed by atoms with Crippen molar-refractivity contribution >= 4 is 34.9 Å². The van der Waals surface area contributed by atoms with Gasteiger partial charge in [0.15, 0.2) is 5.75 Å². The Morgan fingerprint density at radius 1 is 0.975 bits per heavy atom. The molecule has 3 aromatic rings. The number of anilines is 1. The molecule has 210 valence electrons. The third-order valence-corrected chi connectivity index (χ3v) is 8.67. The number of carbonyl (C=O) groups is 1. The van der Waals surface area contributed by atoms with Gasteiger partial charge in [0, 0.05) is 67.4 Å². The topological polar surface area (TPSA) is 74.7 Å². The van der Waals surface area contributed by atoms with E-state index in [0.717, 1.165) is 69.1 Å². The van der Waals surface area contributed by atoms with E-state index < -0.39 is 0 Å². The summed E-state index contributed by atoms with van der Waals surface area (Å²) in [7, 11) is 2.14. The van der Waals surface area contributed by atoms with Crippen molar-refractivity contribution in [1.82, 2.24) is 24.8 Å². The summed E-state index contributed by atoms with van der Waals surface area (Å²) in [5.41, 5.74) is 2.65. The van der Waals surface area contributed by atoms with Gasteiger partial charge in [0.1, 0.15) is 5.78 Å². The molecule has 1 saturated carbocycles. The standard InChI is InChI=1S/C30H34Cl2N6O2/c1-19(39)8-25-26-17-37(18-27(25)26)16-20-9-28(21-11-22(31)13-23(32)12-21)35-29(10-20)40-24-14-33-30(34-15-24)38-5-3-4-36(2)6-7-38/h9-15,25-27H,3-8,16-18H2,1-2H3/t25?,26-,27+. The summed E-state index contributed by atoms with van der Waals surface area (Å²) >= 11 is 12.6. The van der Waals surface area contributed by atoms with Gasteiger partial charge in [0.2, 0.25) is 11.8 Å². The van der Waals surface area contributed by atoms with Crippen LogP contribution in [0.3, 0.4) is 0 Å². The van der Waals surface area contributed by atoms with Crippen LogP contribution in [-0.2, 0) is 11.3 Å². The monoisotopic (exact) mass is 580 g/mol. The quantitative estimate of drug-likeness (QED) is 0.349. The molecule has 0 amide bonds. The first kappa shape index (κ1) is 27.4. The molecule has 0 N–H and O–H groups in total. The van der Waals surface area contributed by atoms with Crippen molar-refractivity contribution in [1.29, 1.82) is 0 Å². The lowest BCUT2D eigenvalue weighted by Crippen LogP contribution is -2.30. The van der Waals surface area contributed by atoms with Crippen LogP contribution in [-0.4, -0.2) is 76.9 Å². The van der Waals surface area contributed by atoms with Crippen molar-refractivity contribution < 1.29 is 9.53 Å². The molecule has 6 rings (SSSR count). The fraction of sp³-hybridized carbons (Fsp3) is 0.467. The van der Waals surface area contributed by atoms with Gasteiger partial charge in [-0.2, -0.15) is 0 Å². The predicted molar refractivity (Wildman–Crippen MR) is 157 cm³/mol. The predicted octanol–water partition coefficient (Wildman–Crippen LogP) is 5.44. The largest absolute Gasteiger partial charge is 0.436 e. The van der Waals surface area contributed by atoms with E-state index in [1.165, 1.54) is 0 Å². The van der Waals surface area contributed by atoms with Crippen LogP contribution in [0.5, 0.6) is 11.6 Å². The van der Waals surface area contributed by atoms with Crippen LogP contribution < -0.4 is 9.64 Å². The van der Waals surface area contributed by atoms with Crippen LogP contribution in [0, 0.1) is 17.8 Å². The molecule has 4 heterocycles. The number of Topliss-reactive ketones (excluding diaryl/α,β-unsaturated/α-hetero) is 1. The van der Waals surface area contributed by atoms with Gasteiger partial charge in [-0.1, -0.05) is 23.2 Å². The molecule has 1 unspecified atom stereocenters. The number of likely N-dealkylation sites (tertiary alicyclic amines) is 1. The van der Waals surface area contributed by atoms with Crippen LogP contribution >= 0.6 is 23.2 Å². The molecule has 3 fully saturated rings. The normalized spacial score (nSPS) is 23.1. The zero-order chi connectivity index (χ0) is 27.8. The average molecular weight is 582 g/mol. The molecule has 2 saturated heterocycles. The molecular formula is C30H34Cl2N6O2. The molecule has 1 aliphatic carbocycles. The molecular weight excluding hydrogens is 547 g/mol. The third kappa shape index (κ3) is 6.41. The Kier molecular flexibility index (Phi) is 7.95. The minimum absolute atomic E-state index is 0.294. The number of aromatic nitrogens is 3. The van der Waals surface area contributed by atoms with Gasteiger partial charge >= 0.3 is 0 Å². The SMILES string of the molecule is CC(=O)CC1[C@H]2CN(Cc3cc(Oc4cnc(N5CCCN(C)CC5)nc4)nc(-c4cc(Cl)cc(Cl)c4)c3)C[C@@H]12. The van der Waals surface area contributed by atoms with Crippen molar-refractivity contribution in [2.75, 3.05) is 51.2 Å². The average Bonchev–Trinajstić information content (AvgIpc) is 3.42. The van der Waals surface area contributed by atoms with Gasteiger partial charge in [-0.15, -0.1) is 0 Å². The number of ether oxygens (including phenoxy) is 1. The Hall–Kier alpha value is -2.78. The van der Waals surface area contributed by atoms with E-state index in [9.17, 15) is 4.79 Å². The number of hydrogen-bond donors (Lipinski definition) is 0. The van der Waals surface area contributed by atoms with Crippen molar-refractivity contribution in [3.63, 3.8) is 0 Å². The first-order valence-corrected chi connectivity index (χ1v) is 14.7. The summed E-state index contributed by atoms with van der Waals surface area (Å²) in [6.07, 6.45) is 5.22. The van der Waals surface area contributed by atoms with E-state index in [-0.39, 0.29) is 0 Å². The van der Waals surface area contributed by atoms with E-state index in [4.69, 9.17) is 32.9 Å². The number of piperidine rings is 1. The van der Waals surface area contributed by atoms with Gasteiger partial charge in [-0.05, 0) is 74.5 Å². The minimum atomic E-state index is 0.294. The van der Waals surface area contributed by atoms with Crippen molar-refractivity contribution in [2.45, 2.75) is 26.3 Å². The Bertz CT molecular complexity index is 1350. The summed E-state index contributed by atoms with van der Waals surface area (Å²) in [6.45, 7) is 8.41. The number of fused-ring (bicyclic) bond motifs is 1. The van der Waals surface area contributed by atoms with Crippen LogP contribution in [0.1, 0.15) is 25.3 Å². The number of pyridine rings is 1. The first-order valence-electron chi connectivity index (χ1n) is 13.9. The summed E-state index contributed by atoms with van der Waals surface area (Å²) in [5.74, 6) is 3.84. The fourth-order valence-electron chi connectivity index (χ4n) is 6.20. The number of carbonyl (C=O) groups excluding carboxylic acids is 1. The molecule has 3 atom stereocenters. The fourth-order valence-corrected chi connectivity index (χ4v) is 6.73. The maximum absolute atomic E-state index is 11.6. The highest BCUT2D eigenvalue weighted by Gasteiger charge is 2.55. The maximum atomic E-state index is 11.6. The van der Waals surface area contributed by atoms with Crippen LogP contribution in [0.2, 0.25) is 10.0 Å². The molecule has 0 spiro atoms. The lowest BCUT2D eigenvalue weighted by atomic mass is 10.1. The number of rotatable bonds is 8. The van der Waals surface area contributed by atoms with Gasteiger partial charge in [-0.25, -0.2) is 15.0 Å². The zero-order valence-electron chi connectivity index (χ0n) is 22.9. The second-order valence-corrected chi connectivity index (χ2v) is 12.3. The van der Waals surface area contributed by atoms with Crippen molar-refractivity contribution in [3.05, 3.63) is 58.3 Å². The highest BCUT2D eigenvalue weighted by atomic mass is 35.5. The minimum Gasteiger partial charge on any atom is -0.436 e.